The van der Waals surface area contributed by atoms with E-state index in [1.165, 1.54) is 31.4 Å². The highest BCUT2D eigenvalue weighted by atomic mass is 35.5. The van der Waals surface area contributed by atoms with E-state index in [-0.39, 0.29) is 10.6 Å². The molecular formula is C18H15Cl3N2O5. The molecule has 0 heterocycles. The number of hydrogen-bond donors (Lipinski definition) is 2. The number of anilines is 1. The summed E-state index contributed by atoms with van der Waals surface area (Å²) in [5, 5.41) is 5.72. The molecule has 28 heavy (non-hydrogen) atoms. The van der Waals surface area contributed by atoms with Crippen molar-refractivity contribution < 1.29 is 23.9 Å². The van der Waals surface area contributed by atoms with Crippen molar-refractivity contribution in [2.75, 3.05) is 25.6 Å². The lowest BCUT2D eigenvalue weighted by Crippen LogP contribution is -2.32. The van der Waals surface area contributed by atoms with Crippen molar-refractivity contribution in [2.24, 2.45) is 0 Å². The minimum absolute atomic E-state index is 0.149. The molecule has 2 amide bonds. The molecule has 0 fully saturated rings. The van der Waals surface area contributed by atoms with E-state index in [1.54, 1.807) is 12.1 Å². The van der Waals surface area contributed by atoms with Crippen LogP contribution in [-0.2, 0) is 14.3 Å². The number of carbonyl (C=O) groups is 3. The first-order chi connectivity index (χ1) is 13.3. The number of amides is 2. The molecule has 2 rings (SSSR count). The fraction of sp³-hybridized carbons (Fsp3) is 0.167. The van der Waals surface area contributed by atoms with Crippen molar-refractivity contribution in [3.8, 4) is 5.75 Å². The Morgan fingerprint density at radius 3 is 2.39 bits per heavy atom. The van der Waals surface area contributed by atoms with E-state index >= 15 is 0 Å². The van der Waals surface area contributed by atoms with Crippen LogP contribution >= 0.6 is 34.8 Å². The lowest BCUT2D eigenvalue weighted by atomic mass is 10.2. The van der Waals surface area contributed by atoms with Crippen molar-refractivity contribution in [3.63, 3.8) is 0 Å². The first-order valence-corrected chi connectivity index (χ1v) is 8.96. The van der Waals surface area contributed by atoms with Gasteiger partial charge in [0.05, 0.1) is 22.7 Å². The second-order valence-electron chi connectivity index (χ2n) is 5.37. The van der Waals surface area contributed by atoms with Crippen LogP contribution in [0.2, 0.25) is 15.1 Å². The summed E-state index contributed by atoms with van der Waals surface area (Å²) in [6.45, 7) is -0.959. The van der Waals surface area contributed by atoms with Gasteiger partial charge < -0.3 is 20.1 Å². The van der Waals surface area contributed by atoms with Gasteiger partial charge in [-0.25, -0.2) is 0 Å². The van der Waals surface area contributed by atoms with Crippen LogP contribution < -0.4 is 15.4 Å². The molecule has 10 heteroatoms. The molecule has 0 unspecified atom stereocenters. The summed E-state index contributed by atoms with van der Waals surface area (Å²) in [6.07, 6.45) is 0. The molecule has 0 bridgehead atoms. The van der Waals surface area contributed by atoms with Crippen LogP contribution in [0.4, 0.5) is 5.69 Å². The van der Waals surface area contributed by atoms with Crippen LogP contribution in [-0.4, -0.2) is 38.0 Å². The van der Waals surface area contributed by atoms with Crippen molar-refractivity contribution in [2.45, 2.75) is 0 Å². The fourth-order valence-electron chi connectivity index (χ4n) is 2.06. The first-order valence-electron chi connectivity index (χ1n) is 7.82. The van der Waals surface area contributed by atoms with E-state index < -0.39 is 30.9 Å². The van der Waals surface area contributed by atoms with E-state index in [9.17, 15) is 14.4 Å². The van der Waals surface area contributed by atoms with E-state index in [2.05, 4.69) is 10.6 Å². The van der Waals surface area contributed by atoms with Gasteiger partial charge in [-0.05, 0) is 36.4 Å². The summed E-state index contributed by atoms with van der Waals surface area (Å²) in [5.41, 5.74) is 0.575. The SMILES string of the molecule is COc1ccc(NC(=O)COC(=O)CNC(=O)c2ccc(Cl)cc2Cl)cc1Cl. The fourth-order valence-corrected chi connectivity index (χ4v) is 2.81. The van der Waals surface area contributed by atoms with E-state index in [1.807, 2.05) is 0 Å². The summed E-state index contributed by atoms with van der Waals surface area (Å²) in [4.78, 5) is 35.5. The van der Waals surface area contributed by atoms with Gasteiger partial charge in [-0.15, -0.1) is 0 Å². The molecule has 0 aliphatic rings. The quantitative estimate of drug-likeness (QED) is 0.636. The maximum absolute atomic E-state index is 12.0. The molecule has 148 valence electrons. The maximum Gasteiger partial charge on any atom is 0.325 e. The molecule has 0 saturated carbocycles. The van der Waals surface area contributed by atoms with Gasteiger partial charge in [-0.2, -0.15) is 0 Å². The average molecular weight is 446 g/mol. The Labute approximate surface area is 175 Å². The highest BCUT2D eigenvalue weighted by Crippen LogP contribution is 2.27. The zero-order valence-electron chi connectivity index (χ0n) is 14.6. The van der Waals surface area contributed by atoms with Crippen molar-refractivity contribution >= 4 is 58.3 Å². The molecule has 0 spiro atoms. The minimum atomic E-state index is -0.790. The molecule has 2 N–H and O–H groups in total. The van der Waals surface area contributed by atoms with Gasteiger partial charge in [-0.1, -0.05) is 34.8 Å². The Balaban J connectivity index is 1.78. The number of halogens is 3. The van der Waals surface area contributed by atoms with E-state index in [0.29, 0.717) is 21.5 Å². The van der Waals surface area contributed by atoms with Gasteiger partial charge in [-0.3, -0.25) is 14.4 Å². The minimum Gasteiger partial charge on any atom is -0.495 e. The van der Waals surface area contributed by atoms with Gasteiger partial charge >= 0.3 is 5.97 Å². The van der Waals surface area contributed by atoms with Crippen LogP contribution in [0.5, 0.6) is 5.75 Å². The Bertz CT molecular complexity index is 905. The predicted octanol–water partition coefficient (Wildman–Crippen LogP) is 3.57. The Morgan fingerprint density at radius 2 is 1.75 bits per heavy atom. The molecule has 0 atom stereocenters. The second kappa shape index (κ2) is 10.2. The summed E-state index contributed by atoms with van der Waals surface area (Å²) >= 11 is 17.6. The number of rotatable bonds is 7. The summed E-state index contributed by atoms with van der Waals surface area (Å²) in [6, 6.07) is 9.00. The van der Waals surface area contributed by atoms with Gasteiger partial charge in [0.15, 0.2) is 6.61 Å². The number of esters is 1. The zero-order chi connectivity index (χ0) is 20.7. The van der Waals surface area contributed by atoms with Crippen LogP contribution in [0.1, 0.15) is 10.4 Å². The van der Waals surface area contributed by atoms with Crippen molar-refractivity contribution in [1.29, 1.82) is 0 Å². The van der Waals surface area contributed by atoms with Crippen molar-refractivity contribution in [1.82, 2.24) is 5.32 Å². The normalized spacial score (nSPS) is 10.1. The van der Waals surface area contributed by atoms with E-state index in [4.69, 9.17) is 44.3 Å². The number of hydrogen-bond acceptors (Lipinski definition) is 5. The standard InChI is InChI=1S/C18H15Cl3N2O5/c1-27-15-5-3-11(7-14(15)21)23-16(24)9-28-17(25)8-22-18(26)12-4-2-10(19)6-13(12)20/h2-7H,8-9H2,1H3,(H,22,26)(H,23,24). The number of benzene rings is 2. The van der Waals surface area contributed by atoms with Gasteiger partial charge in [0, 0.05) is 10.7 Å². The lowest BCUT2D eigenvalue weighted by Gasteiger charge is -2.09. The molecule has 0 radical (unpaired) electrons. The highest BCUT2D eigenvalue weighted by Gasteiger charge is 2.14. The monoisotopic (exact) mass is 444 g/mol. The summed E-state index contributed by atoms with van der Waals surface area (Å²) < 4.78 is 9.82. The largest absolute Gasteiger partial charge is 0.495 e. The third-order valence-electron chi connectivity index (χ3n) is 3.37. The molecule has 0 saturated heterocycles. The van der Waals surface area contributed by atoms with Gasteiger partial charge in [0.25, 0.3) is 11.8 Å². The number of carbonyl (C=O) groups excluding carboxylic acids is 3. The van der Waals surface area contributed by atoms with Crippen LogP contribution in [0.25, 0.3) is 0 Å². The van der Waals surface area contributed by atoms with Crippen molar-refractivity contribution in [3.05, 3.63) is 57.0 Å². The summed E-state index contributed by atoms with van der Waals surface area (Å²) in [7, 11) is 1.47. The molecule has 2 aromatic carbocycles. The van der Waals surface area contributed by atoms with Crippen LogP contribution in [0.15, 0.2) is 36.4 Å². The lowest BCUT2D eigenvalue weighted by molar-refractivity contribution is -0.146. The molecule has 0 aromatic heterocycles. The van der Waals surface area contributed by atoms with E-state index in [0.717, 1.165) is 0 Å². The van der Waals surface area contributed by atoms with Gasteiger partial charge in [0.2, 0.25) is 0 Å². The first kappa shape index (κ1) is 21.8. The summed E-state index contributed by atoms with van der Waals surface area (Å²) in [5.74, 6) is -1.47. The molecule has 0 aliphatic heterocycles. The highest BCUT2D eigenvalue weighted by molar-refractivity contribution is 6.36. The third-order valence-corrected chi connectivity index (χ3v) is 4.21. The van der Waals surface area contributed by atoms with Gasteiger partial charge in [0.1, 0.15) is 12.3 Å². The molecular weight excluding hydrogens is 431 g/mol. The zero-order valence-corrected chi connectivity index (χ0v) is 16.8. The topological polar surface area (TPSA) is 93.7 Å². The Kier molecular flexibility index (Phi) is 7.92. The van der Waals surface area contributed by atoms with Crippen LogP contribution in [0.3, 0.4) is 0 Å². The maximum atomic E-state index is 12.0. The smallest absolute Gasteiger partial charge is 0.325 e. The molecule has 7 nitrogen and oxygen atoms in total. The number of ether oxygens (including phenoxy) is 2. The Hall–Kier alpha value is -2.48. The molecule has 0 aliphatic carbocycles. The average Bonchev–Trinajstić information content (AvgIpc) is 2.64. The number of methoxy groups -OCH3 is 1. The Morgan fingerprint density at radius 1 is 1.00 bits per heavy atom. The predicted molar refractivity (Wildman–Crippen MR) is 106 cm³/mol. The second-order valence-corrected chi connectivity index (χ2v) is 6.62. The molecule has 2 aromatic rings. The number of nitrogens with one attached hydrogen (secondary N) is 2. The third kappa shape index (κ3) is 6.30. The van der Waals surface area contributed by atoms with Crippen LogP contribution in [0, 0.1) is 0 Å².